The van der Waals surface area contributed by atoms with Gasteiger partial charge in [0.05, 0.1) is 24.7 Å². The quantitative estimate of drug-likeness (QED) is 0.523. The number of nitrogens with one attached hydrogen (secondary N) is 1. The molecule has 1 aromatic heterocycles. The number of rotatable bonds is 7. The van der Waals surface area contributed by atoms with Gasteiger partial charge in [-0.05, 0) is 31.3 Å². The highest BCUT2D eigenvalue weighted by Crippen LogP contribution is 2.40. The first-order valence-corrected chi connectivity index (χ1v) is 10.2. The third kappa shape index (κ3) is 4.36. The third-order valence-electron chi connectivity index (χ3n) is 4.45. The van der Waals surface area contributed by atoms with Crippen LogP contribution in [0.15, 0.2) is 47.5 Å². The number of aromatic nitrogens is 1. The molecule has 0 aliphatic carbocycles. The number of hydrogen-bond acceptors (Lipinski definition) is 5. The second kappa shape index (κ2) is 9.63. The van der Waals surface area contributed by atoms with E-state index in [2.05, 4.69) is 5.32 Å². The van der Waals surface area contributed by atoms with Gasteiger partial charge >= 0.3 is 0 Å². The molecule has 0 saturated heterocycles. The molecule has 0 saturated carbocycles. The fraction of sp³-hybridized carbons (Fsp3) is 0.200. The summed E-state index contributed by atoms with van der Waals surface area (Å²) in [4.78, 5) is -0.186. The van der Waals surface area contributed by atoms with E-state index in [1.807, 2.05) is 0 Å². The molecule has 0 radical (unpaired) electrons. The minimum atomic E-state index is -4.35. The maximum Gasteiger partial charge on any atom is 0.268 e. The van der Waals surface area contributed by atoms with Crippen molar-refractivity contribution in [3.63, 3.8) is 0 Å². The van der Waals surface area contributed by atoms with Crippen LogP contribution in [0.4, 0.5) is 13.2 Å². The molecule has 0 fully saturated rings. The van der Waals surface area contributed by atoms with Crippen molar-refractivity contribution in [1.29, 1.82) is 0 Å². The van der Waals surface area contributed by atoms with Gasteiger partial charge in [0.25, 0.3) is 10.0 Å². The summed E-state index contributed by atoms with van der Waals surface area (Å²) >= 11 is 0. The lowest BCUT2D eigenvalue weighted by Crippen LogP contribution is -2.15. The van der Waals surface area contributed by atoms with Crippen molar-refractivity contribution in [3.8, 4) is 22.8 Å². The summed E-state index contributed by atoms with van der Waals surface area (Å²) in [7, 11) is -0.141. The summed E-state index contributed by atoms with van der Waals surface area (Å²) in [6.45, 7) is 0.134. The summed E-state index contributed by atoms with van der Waals surface area (Å²) in [5.41, 5.74) is -0.995. The van der Waals surface area contributed by atoms with E-state index in [-0.39, 0.29) is 35.3 Å². The van der Waals surface area contributed by atoms with Gasteiger partial charge in [0.2, 0.25) is 0 Å². The molecule has 3 aromatic rings. The topological polar surface area (TPSA) is 69.6 Å². The van der Waals surface area contributed by atoms with Crippen LogP contribution < -0.4 is 14.8 Å². The maximum absolute atomic E-state index is 14.6. The van der Waals surface area contributed by atoms with Gasteiger partial charge in [-0.3, -0.25) is 0 Å². The molecule has 3 rings (SSSR count). The minimum absolute atomic E-state index is 0. The van der Waals surface area contributed by atoms with Crippen molar-refractivity contribution in [2.24, 2.45) is 0 Å². The van der Waals surface area contributed by atoms with Crippen molar-refractivity contribution in [2.45, 2.75) is 11.4 Å². The van der Waals surface area contributed by atoms with Crippen LogP contribution in [0.25, 0.3) is 11.3 Å². The lowest BCUT2D eigenvalue weighted by Gasteiger charge is -2.14. The Morgan fingerprint density at radius 1 is 1.03 bits per heavy atom. The summed E-state index contributed by atoms with van der Waals surface area (Å²) in [6, 6.07) is 6.93. The van der Waals surface area contributed by atoms with Crippen LogP contribution in [0.2, 0.25) is 0 Å². The molecule has 0 aliphatic rings. The summed E-state index contributed by atoms with van der Waals surface area (Å²) in [5, 5.41) is 2.83. The Labute approximate surface area is 184 Å². The zero-order chi connectivity index (χ0) is 22.1. The van der Waals surface area contributed by atoms with Gasteiger partial charge in [-0.15, -0.1) is 12.4 Å². The van der Waals surface area contributed by atoms with E-state index >= 15 is 0 Å². The third-order valence-corrected chi connectivity index (χ3v) is 6.11. The molecule has 2 aromatic carbocycles. The van der Waals surface area contributed by atoms with Crippen molar-refractivity contribution in [3.05, 3.63) is 65.6 Å². The van der Waals surface area contributed by atoms with E-state index in [4.69, 9.17) is 9.47 Å². The maximum atomic E-state index is 14.6. The van der Waals surface area contributed by atoms with Gasteiger partial charge in [0.15, 0.2) is 11.6 Å². The van der Waals surface area contributed by atoms with E-state index in [1.54, 1.807) is 13.1 Å². The Morgan fingerprint density at radius 2 is 1.71 bits per heavy atom. The van der Waals surface area contributed by atoms with Crippen LogP contribution in [0, 0.1) is 17.5 Å². The SMILES string of the molecule is CNCc1cn(S(=O)(=O)c2cccc(OC)c2)c(-c2c(F)ccc(F)c2F)c1OC.Cl. The second-order valence-corrected chi connectivity index (χ2v) is 8.08. The van der Waals surface area contributed by atoms with Crippen molar-refractivity contribution < 1.29 is 31.1 Å². The van der Waals surface area contributed by atoms with Crippen LogP contribution in [-0.2, 0) is 16.6 Å². The fourth-order valence-electron chi connectivity index (χ4n) is 3.09. The lowest BCUT2D eigenvalue weighted by atomic mass is 10.1. The Kier molecular flexibility index (Phi) is 7.63. The molecule has 11 heteroatoms. The Hall–Kier alpha value is -2.69. The van der Waals surface area contributed by atoms with Gasteiger partial charge in [0, 0.05) is 24.4 Å². The zero-order valence-electron chi connectivity index (χ0n) is 16.8. The second-order valence-electron chi connectivity index (χ2n) is 6.26. The predicted molar refractivity (Wildman–Crippen MR) is 112 cm³/mol. The van der Waals surface area contributed by atoms with Crippen molar-refractivity contribution in [2.75, 3.05) is 21.3 Å². The Morgan fingerprint density at radius 3 is 2.32 bits per heavy atom. The number of nitrogens with zero attached hydrogens (tertiary/aromatic N) is 1. The highest BCUT2D eigenvalue weighted by molar-refractivity contribution is 7.90. The molecule has 168 valence electrons. The number of hydrogen-bond donors (Lipinski definition) is 1. The van der Waals surface area contributed by atoms with Gasteiger partial charge < -0.3 is 14.8 Å². The molecule has 0 aliphatic heterocycles. The number of benzene rings is 2. The average Bonchev–Trinajstić information content (AvgIpc) is 3.10. The van der Waals surface area contributed by atoms with Crippen LogP contribution in [0.1, 0.15) is 5.56 Å². The van der Waals surface area contributed by atoms with E-state index in [0.29, 0.717) is 15.6 Å². The molecule has 0 amide bonds. The average molecular weight is 477 g/mol. The van der Waals surface area contributed by atoms with Crippen molar-refractivity contribution >= 4 is 22.4 Å². The Bertz CT molecular complexity index is 1200. The van der Waals surface area contributed by atoms with Gasteiger partial charge in [-0.2, -0.15) is 0 Å². The lowest BCUT2D eigenvalue weighted by molar-refractivity contribution is 0.410. The van der Waals surface area contributed by atoms with Crippen molar-refractivity contribution in [1.82, 2.24) is 9.29 Å². The van der Waals surface area contributed by atoms with Crippen LogP contribution in [-0.4, -0.2) is 33.7 Å². The van der Waals surface area contributed by atoms with Gasteiger partial charge in [-0.25, -0.2) is 25.6 Å². The van der Waals surface area contributed by atoms with E-state index in [0.717, 1.165) is 6.07 Å². The Balaban J connectivity index is 0.00000341. The van der Waals surface area contributed by atoms with E-state index in [1.165, 1.54) is 38.6 Å². The predicted octanol–water partition coefficient (Wildman–Crippen LogP) is 3.97. The smallest absolute Gasteiger partial charge is 0.268 e. The van der Waals surface area contributed by atoms with Crippen LogP contribution in [0.5, 0.6) is 11.5 Å². The largest absolute Gasteiger partial charge is 0.497 e. The first kappa shape index (κ1) is 24.6. The zero-order valence-corrected chi connectivity index (χ0v) is 18.4. The van der Waals surface area contributed by atoms with Gasteiger partial charge in [0.1, 0.15) is 23.0 Å². The highest BCUT2D eigenvalue weighted by atomic mass is 35.5. The molecule has 0 atom stereocenters. The normalized spacial score (nSPS) is 11.2. The molecule has 1 N–H and O–H groups in total. The first-order valence-electron chi connectivity index (χ1n) is 8.72. The van der Waals surface area contributed by atoms with Gasteiger partial charge in [-0.1, -0.05) is 6.07 Å². The fourth-order valence-corrected chi connectivity index (χ4v) is 4.52. The number of ether oxygens (including phenoxy) is 2. The van der Waals surface area contributed by atoms with E-state index in [9.17, 15) is 21.6 Å². The molecule has 0 unspecified atom stereocenters. The first-order chi connectivity index (χ1) is 14.3. The summed E-state index contributed by atoms with van der Waals surface area (Å²) in [5.74, 6) is -3.81. The minimum Gasteiger partial charge on any atom is -0.497 e. The molecule has 0 spiro atoms. The number of halogens is 4. The molecule has 1 heterocycles. The number of methoxy groups -OCH3 is 2. The molecule has 31 heavy (non-hydrogen) atoms. The molecular formula is C20H20ClF3N2O4S. The molecular weight excluding hydrogens is 457 g/mol. The van der Waals surface area contributed by atoms with Crippen LogP contribution >= 0.6 is 12.4 Å². The standard InChI is InChI=1S/C20H19F3N2O4S.ClH/c1-24-10-12-11-25(30(26,27)14-6-4-5-13(9-14)28-2)19(20(12)29-3)17-15(21)7-8-16(22)18(17)23;/h4-9,11,24H,10H2,1-3H3;1H. The summed E-state index contributed by atoms with van der Waals surface area (Å²) < 4.78 is 81.0. The van der Waals surface area contributed by atoms with Crippen LogP contribution in [0.3, 0.4) is 0 Å². The molecule has 6 nitrogen and oxygen atoms in total. The monoisotopic (exact) mass is 476 g/mol. The summed E-state index contributed by atoms with van der Waals surface area (Å²) in [6.07, 6.45) is 1.18. The highest BCUT2D eigenvalue weighted by Gasteiger charge is 2.31. The van der Waals surface area contributed by atoms with E-state index < -0.39 is 38.7 Å². The molecule has 0 bridgehead atoms.